The predicted octanol–water partition coefficient (Wildman–Crippen LogP) is 4.52. The number of hydrogen-bond acceptors (Lipinski definition) is 3. The van der Waals surface area contributed by atoms with Crippen LogP contribution in [0.5, 0.6) is 5.75 Å². The first kappa shape index (κ1) is 17.8. The molecule has 25 heavy (non-hydrogen) atoms. The second-order valence-electron chi connectivity index (χ2n) is 7.57. The first-order chi connectivity index (χ1) is 11.5. The first-order valence-electron chi connectivity index (χ1n) is 8.26. The molecule has 2 atom stereocenters. The van der Waals surface area contributed by atoms with Crippen LogP contribution >= 0.6 is 0 Å². The Balaban J connectivity index is 1.68. The monoisotopic (exact) mass is 354 g/mol. The van der Waals surface area contributed by atoms with Gasteiger partial charge in [-0.1, -0.05) is 20.8 Å². The van der Waals surface area contributed by atoms with E-state index in [1.165, 1.54) is 18.6 Å². The van der Waals surface area contributed by atoms with Gasteiger partial charge in [0.15, 0.2) is 0 Å². The molecule has 4 nitrogen and oxygen atoms in total. The van der Waals surface area contributed by atoms with Gasteiger partial charge in [-0.2, -0.15) is 5.10 Å². The minimum absolute atomic E-state index is 0.0185. The van der Waals surface area contributed by atoms with Crippen molar-refractivity contribution in [1.82, 2.24) is 5.43 Å². The van der Waals surface area contributed by atoms with Crippen molar-refractivity contribution in [2.24, 2.45) is 21.8 Å². The molecule has 3 rings (SSSR count). The molecule has 0 heterocycles. The van der Waals surface area contributed by atoms with Crippen LogP contribution in [0.4, 0.5) is 13.2 Å². The van der Waals surface area contributed by atoms with Crippen LogP contribution < -0.4 is 10.2 Å². The number of benzene rings is 1. The molecule has 1 N–H and O–H groups in total. The summed E-state index contributed by atoms with van der Waals surface area (Å²) in [6, 6.07) is 4.78. The largest absolute Gasteiger partial charge is 0.573 e. The Labute approximate surface area is 144 Å². The second-order valence-corrected chi connectivity index (χ2v) is 7.57. The summed E-state index contributed by atoms with van der Waals surface area (Å²) in [6.45, 7) is 6.68. The molecule has 0 radical (unpaired) electrons. The lowest BCUT2D eigenvalue weighted by Crippen LogP contribution is -2.34. The van der Waals surface area contributed by atoms with Crippen LogP contribution in [-0.4, -0.2) is 18.0 Å². The number of nitrogens with one attached hydrogen (secondary N) is 1. The normalized spacial score (nSPS) is 29.0. The lowest BCUT2D eigenvalue weighted by Gasteiger charge is -2.34. The molecule has 2 bridgehead atoms. The summed E-state index contributed by atoms with van der Waals surface area (Å²) in [4.78, 5) is 12.2. The molecule has 0 spiro atoms. The zero-order valence-electron chi connectivity index (χ0n) is 14.4. The average molecular weight is 354 g/mol. The number of carbonyl (C=O) groups is 1. The highest BCUT2D eigenvalue weighted by Gasteiger charge is 2.60. The molecule has 0 saturated heterocycles. The molecular weight excluding hydrogens is 333 g/mol. The fraction of sp³-hybridized carbons (Fsp3) is 0.556. The molecule has 0 unspecified atom stereocenters. The zero-order valence-corrected chi connectivity index (χ0v) is 14.4. The van der Waals surface area contributed by atoms with Gasteiger partial charge in [0, 0.05) is 16.7 Å². The summed E-state index contributed by atoms with van der Waals surface area (Å²) in [7, 11) is 0. The number of fused-ring (bicyclic) bond motifs is 2. The van der Waals surface area contributed by atoms with Crippen molar-refractivity contribution in [2.45, 2.75) is 46.4 Å². The van der Waals surface area contributed by atoms with Crippen molar-refractivity contribution in [1.29, 1.82) is 0 Å². The number of hydrazone groups is 1. The van der Waals surface area contributed by atoms with Gasteiger partial charge < -0.3 is 4.74 Å². The van der Waals surface area contributed by atoms with Crippen molar-refractivity contribution in [3.05, 3.63) is 29.8 Å². The molecule has 7 heteroatoms. The molecule has 2 aliphatic rings. The van der Waals surface area contributed by atoms with Crippen molar-refractivity contribution >= 4 is 11.6 Å². The Hall–Kier alpha value is -2.05. The fourth-order valence-corrected chi connectivity index (χ4v) is 4.09. The molecule has 0 aliphatic heterocycles. The van der Waals surface area contributed by atoms with Crippen LogP contribution in [0.25, 0.3) is 0 Å². The molecule has 136 valence electrons. The summed E-state index contributed by atoms with van der Waals surface area (Å²) in [6.07, 6.45) is -1.64. The number of halogens is 3. The van der Waals surface area contributed by atoms with E-state index >= 15 is 0 Å². The van der Waals surface area contributed by atoms with Crippen LogP contribution in [0.3, 0.4) is 0 Å². The van der Waals surface area contributed by atoms with E-state index in [4.69, 9.17) is 0 Å². The highest BCUT2D eigenvalue weighted by Crippen LogP contribution is 2.63. The van der Waals surface area contributed by atoms with Gasteiger partial charge >= 0.3 is 6.36 Å². The summed E-state index contributed by atoms with van der Waals surface area (Å²) in [5, 5.41) is 4.34. The molecule has 1 aromatic carbocycles. The maximum atomic E-state index is 12.2. The summed E-state index contributed by atoms with van der Waals surface area (Å²) in [5.74, 6) is -0.236. The molecule has 2 aliphatic carbocycles. The number of hydrogen-bond donors (Lipinski definition) is 1. The number of amides is 1. The molecule has 0 aromatic heterocycles. The average Bonchev–Trinajstić information content (AvgIpc) is 2.84. The molecule has 2 saturated carbocycles. The van der Waals surface area contributed by atoms with Crippen molar-refractivity contribution < 1.29 is 22.7 Å². The lowest BCUT2D eigenvalue weighted by molar-refractivity contribution is -0.274. The van der Waals surface area contributed by atoms with E-state index in [9.17, 15) is 18.0 Å². The smallest absolute Gasteiger partial charge is 0.406 e. The van der Waals surface area contributed by atoms with Crippen molar-refractivity contribution in [3.8, 4) is 5.75 Å². The summed E-state index contributed by atoms with van der Waals surface area (Å²) >= 11 is 0. The van der Waals surface area contributed by atoms with Gasteiger partial charge in [-0.25, -0.2) is 5.43 Å². The van der Waals surface area contributed by atoms with E-state index < -0.39 is 12.3 Å². The third-order valence-electron chi connectivity index (χ3n) is 6.15. The van der Waals surface area contributed by atoms with E-state index in [-0.39, 0.29) is 22.1 Å². The van der Waals surface area contributed by atoms with Gasteiger partial charge in [0.2, 0.25) is 0 Å². The van der Waals surface area contributed by atoms with Crippen LogP contribution in [0.2, 0.25) is 0 Å². The van der Waals surface area contributed by atoms with Gasteiger partial charge in [-0.15, -0.1) is 13.2 Å². The maximum Gasteiger partial charge on any atom is 0.573 e. The number of nitrogens with zero attached hydrogens (tertiary/aromatic N) is 1. The Bertz CT molecular complexity index is 710. The van der Waals surface area contributed by atoms with E-state index in [0.29, 0.717) is 5.92 Å². The Morgan fingerprint density at radius 2 is 1.88 bits per heavy atom. The number of ether oxygens (including phenoxy) is 1. The van der Waals surface area contributed by atoms with Gasteiger partial charge in [-0.3, -0.25) is 4.79 Å². The van der Waals surface area contributed by atoms with Gasteiger partial charge in [-0.05, 0) is 54.9 Å². The van der Waals surface area contributed by atoms with Gasteiger partial charge in [0.1, 0.15) is 5.75 Å². The highest BCUT2D eigenvalue weighted by molar-refractivity contribution is 5.98. The van der Waals surface area contributed by atoms with Crippen LogP contribution in [-0.2, 0) is 0 Å². The number of rotatable bonds is 3. The third-order valence-corrected chi connectivity index (χ3v) is 6.15. The second kappa shape index (κ2) is 5.75. The molecule has 1 amide bonds. The Morgan fingerprint density at radius 3 is 2.36 bits per heavy atom. The summed E-state index contributed by atoms with van der Waals surface area (Å²) in [5.41, 5.74) is 3.91. The minimum Gasteiger partial charge on any atom is -0.406 e. The van der Waals surface area contributed by atoms with Crippen LogP contribution in [0.1, 0.15) is 50.4 Å². The fourth-order valence-electron chi connectivity index (χ4n) is 4.09. The van der Waals surface area contributed by atoms with Gasteiger partial charge in [0.25, 0.3) is 5.91 Å². The topological polar surface area (TPSA) is 50.7 Å². The van der Waals surface area contributed by atoms with E-state index in [0.717, 1.165) is 30.7 Å². The van der Waals surface area contributed by atoms with Crippen LogP contribution in [0, 0.1) is 16.7 Å². The predicted molar refractivity (Wildman–Crippen MR) is 87.3 cm³/mol. The van der Waals surface area contributed by atoms with E-state index in [1.54, 1.807) is 0 Å². The standard InChI is InChI=1S/C18H21F3N2O2/c1-16(2)12-8-9-17(16,3)14(10-12)22-23-15(24)11-4-6-13(7-5-11)25-18(19,20)21/h4-7,12H,8-10H2,1-3H3,(H,23,24)/b22-14+/t12-,17-/m1/s1. The van der Waals surface area contributed by atoms with E-state index in [1.807, 2.05) is 0 Å². The number of alkyl halides is 3. The highest BCUT2D eigenvalue weighted by atomic mass is 19.4. The SMILES string of the molecule is CC1(C)[C@@H]2CC[C@]1(C)/C(=N/NC(=O)c1ccc(OC(F)(F)F)cc1)C2. The van der Waals surface area contributed by atoms with E-state index in [2.05, 4.69) is 36.0 Å². The molecular formula is C18H21F3N2O2. The van der Waals surface area contributed by atoms with Gasteiger partial charge in [0.05, 0.1) is 0 Å². The molecule has 1 aromatic rings. The zero-order chi connectivity index (χ0) is 18.5. The lowest BCUT2D eigenvalue weighted by atomic mass is 9.70. The third kappa shape index (κ3) is 3.12. The Kier molecular flexibility index (Phi) is 4.08. The van der Waals surface area contributed by atoms with Crippen molar-refractivity contribution in [3.63, 3.8) is 0 Å². The molecule has 2 fully saturated rings. The Morgan fingerprint density at radius 1 is 1.24 bits per heavy atom. The minimum atomic E-state index is -4.75. The first-order valence-corrected chi connectivity index (χ1v) is 8.26. The maximum absolute atomic E-state index is 12.2. The van der Waals surface area contributed by atoms with Crippen molar-refractivity contribution in [2.75, 3.05) is 0 Å². The summed E-state index contributed by atoms with van der Waals surface area (Å²) < 4.78 is 40.2. The van der Waals surface area contributed by atoms with Crippen LogP contribution in [0.15, 0.2) is 29.4 Å². The quantitative estimate of drug-likeness (QED) is 0.812. The number of carbonyl (C=O) groups excluding carboxylic acids is 1.